The quantitative estimate of drug-likeness (QED) is 0.719. The summed E-state index contributed by atoms with van der Waals surface area (Å²) in [5.74, 6) is 0.582. The van der Waals surface area contributed by atoms with Crippen molar-refractivity contribution in [1.82, 2.24) is 4.31 Å². The zero-order valence-electron chi connectivity index (χ0n) is 16.2. The highest BCUT2D eigenvalue weighted by molar-refractivity contribution is 7.92. The monoisotopic (exact) mass is 436 g/mol. The normalized spacial score (nSPS) is 17.9. The molecule has 2 heterocycles. The smallest absolute Gasteiger partial charge is 0.264 e. The molecule has 29 heavy (non-hydrogen) atoms. The molecule has 7 nitrogen and oxygen atoms in total. The van der Waals surface area contributed by atoms with Crippen LogP contribution < -0.4 is 9.04 Å². The van der Waals surface area contributed by atoms with Crippen molar-refractivity contribution in [2.24, 2.45) is 0 Å². The van der Waals surface area contributed by atoms with E-state index < -0.39 is 20.0 Å². The van der Waals surface area contributed by atoms with Crippen molar-refractivity contribution in [1.29, 1.82) is 0 Å². The number of piperidine rings is 1. The van der Waals surface area contributed by atoms with Crippen LogP contribution in [0.15, 0.2) is 52.3 Å². The van der Waals surface area contributed by atoms with Gasteiger partial charge in [-0.1, -0.05) is 6.42 Å². The predicted molar refractivity (Wildman–Crippen MR) is 110 cm³/mol. The van der Waals surface area contributed by atoms with Gasteiger partial charge in [0.1, 0.15) is 5.75 Å². The van der Waals surface area contributed by atoms with Crippen LogP contribution in [-0.4, -0.2) is 47.9 Å². The second kappa shape index (κ2) is 7.62. The van der Waals surface area contributed by atoms with E-state index in [2.05, 4.69) is 0 Å². The summed E-state index contributed by atoms with van der Waals surface area (Å²) >= 11 is 0. The summed E-state index contributed by atoms with van der Waals surface area (Å²) < 4.78 is 60.0. The van der Waals surface area contributed by atoms with E-state index in [9.17, 15) is 16.8 Å². The molecular weight excluding hydrogens is 412 g/mol. The summed E-state index contributed by atoms with van der Waals surface area (Å²) in [6, 6.07) is 11.0. The second-order valence-corrected chi connectivity index (χ2v) is 11.1. The lowest BCUT2D eigenvalue weighted by Crippen LogP contribution is -2.35. The van der Waals surface area contributed by atoms with Gasteiger partial charge in [0.15, 0.2) is 0 Å². The lowest BCUT2D eigenvalue weighted by molar-refractivity contribution is 0.346. The van der Waals surface area contributed by atoms with Gasteiger partial charge in [0, 0.05) is 19.6 Å². The molecule has 0 aromatic heterocycles. The molecule has 0 spiro atoms. The number of rotatable bonds is 5. The summed E-state index contributed by atoms with van der Waals surface area (Å²) in [6.07, 6.45) is 3.28. The molecule has 2 aliphatic rings. The minimum Gasteiger partial charge on any atom is -0.497 e. The lowest BCUT2D eigenvalue weighted by atomic mass is 10.2. The molecule has 9 heteroatoms. The molecule has 0 atom stereocenters. The highest BCUT2D eigenvalue weighted by Gasteiger charge is 2.33. The number of hydrogen-bond donors (Lipinski definition) is 0. The van der Waals surface area contributed by atoms with Crippen molar-refractivity contribution >= 4 is 25.7 Å². The Kier molecular flexibility index (Phi) is 5.30. The number of hydrogen-bond acceptors (Lipinski definition) is 5. The maximum atomic E-state index is 13.1. The SMILES string of the molecule is COc1ccc(S(=O)(=O)N2CCc3cc(S(=O)(=O)N4CCCCC4)ccc32)cc1. The fourth-order valence-corrected chi connectivity index (χ4v) is 6.96. The molecule has 2 aromatic carbocycles. The van der Waals surface area contributed by atoms with E-state index in [1.807, 2.05) is 0 Å². The Morgan fingerprint density at radius 3 is 2.10 bits per heavy atom. The Morgan fingerprint density at radius 2 is 1.45 bits per heavy atom. The number of anilines is 1. The molecule has 4 rings (SSSR count). The van der Waals surface area contributed by atoms with E-state index in [4.69, 9.17) is 4.74 Å². The van der Waals surface area contributed by atoms with Gasteiger partial charge in [0.25, 0.3) is 10.0 Å². The lowest BCUT2D eigenvalue weighted by Gasteiger charge is -2.26. The van der Waals surface area contributed by atoms with Crippen LogP contribution in [-0.2, 0) is 26.5 Å². The number of fused-ring (bicyclic) bond motifs is 1. The van der Waals surface area contributed by atoms with Crippen molar-refractivity contribution in [2.45, 2.75) is 35.5 Å². The molecule has 2 aromatic rings. The van der Waals surface area contributed by atoms with Crippen LogP contribution in [0.3, 0.4) is 0 Å². The van der Waals surface area contributed by atoms with Gasteiger partial charge in [-0.25, -0.2) is 16.8 Å². The third kappa shape index (κ3) is 3.62. The van der Waals surface area contributed by atoms with Crippen molar-refractivity contribution in [2.75, 3.05) is 31.0 Å². The fourth-order valence-electron chi connectivity index (χ4n) is 3.89. The van der Waals surface area contributed by atoms with Gasteiger partial charge in [-0.05, 0) is 67.3 Å². The summed E-state index contributed by atoms with van der Waals surface area (Å²) in [7, 11) is -5.75. The number of ether oxygens (including phenoxy) is 1. The standard InChI is InChI=1S/C20H24N2O5S2/c1-27-17-5-7-18(8-6-17)29(25,26)22-14-11-16-15-19(9-10-20(16)22)28(23,24)21-12-3-2-4-13-21/h5-10,15H,2-4,11-14H2,1H3. The Labute approximate surface area is 172 Å². The Morgan fingerprint density at radius 1 is 0.793 bits per heavy atom. The van der Waals surface area contributed by atoms with Crippen LogP contribution in [0, 0.1) is 0 Å². The highest BCUT2D eigenvalue weighted by Crippen LogP contribution is 2.35. The molecular formula is C20H24N2O5S2. The average molecular weight is 437 g/mol. The molecule has 0 saturated carbocycles. The number of benzene rings is 2. The van der Waals surface area contributed by atoms with Crippen LogP contribution in [0.5, 0.6) is 5.75 Å². The van der Waals surface area contributed by atoms with Gasteiger partial charge in [-0.2, -0.15) is 4.31 Å². The molecule has 0 aliphatic carbocycles. The highest BCUT2D eigenvalue weighted by atomic mass is 32.2. The van der Waals surface area contributed by atoms with Crippen molar-refractivity contribution in [3.05, 3.63) is 48.0 Å². The third-order valence-corrected chi connectivity index (χ3v) is 9.23. The van der Waals surface area contributed by atoms with E-state index in [1.165, 1.54) is 33.9 Å². The van der Waals surface area contributed by atoms with Crippen molar-refractivity contribution in [3.8, 4) is 5.75 Å². The van der Waals surface area contributed by atoms with Crippen molar-refractivity contribution in [3.63, 3.8) is 0 Å². The Bertz CT molecular complexity index is 1110. The molecule has 0 N–H and O–H groups in total. The van der Waals surface area contributed by atoms with E-state index in [0.29, 0.717) is 30.9 Å². The molecule has 0 unspecified atom stereocenters. The van der Waals surface area contributed by atoms with Gasteiger partial charge in [-0.15, -0.1) is 0 Å². The zero-order chi connectivity index (χ0) is 20.6. The van der Waals surface area contributed by atoms with Crippen LogP contribution in [0.1, 0.15) is 24.8 Å². The largest absolute Gasteiger partial charge is 0.497 e. The van der Waals surface area contributed by atoms with Crippen LogP contribution in [0.4, 0.5) is 5.69 Å². The first-order valence-corrected chi connectivity index (χ1v) is 12.5. The topological polar surface area (TPSA) is 84.0 Å². The average Bonchev–Trinajstić information content (AvgIpc) is 3.18. The molecule has 156 valence electrons. The second-order valence-electron chi connectivity index (χ2n) is 7.26. The number of sulfonamides is 2. The first kappa shape index (κ1) is 20.2. The maximum Gasteiger partial charge on any atom is 0.264 e. The van der Waals surface area contributed by atoms with Gasteiger partial charge >= 0.3 is 0 Å². The van der Waals surface area contributed by atoms with Crippen LogP contribution >= 0.6 is 0 Å². The van der Waals surface area contributed by atoms with Crippen LogP contribution in [0.2, 0.25) is 0 Å². The first-order chi connectivity index (χ1) is 13.8. The molecule has 2 aliphatic heterocycles. The zero-order valence-corrected chi connectivity index (χ0v) is 17.9. The third-order valence-electron chi connectivity index (χ3n) is 5.50. The van der Waals surface area contributed by atoms with Crippen LogP contribution in [0.25, 0.3) is 0 Å². The maximum absolute atomic E-state index is 13.1. The predicted octanol–water partition coefficient (Wildman–Crippen LogP) is 2.62. The van der Waals surface area contributed by atoms with E-state index >= 15 is 0 Å². The molecule has 1 fully saturated rings. The molecule has 0 radical (unpaired) electrons. The Balaban J connectivity index is 1.64. The number of nitrogens with zero attached hydrogens (tertiary/aromatic N) is 2. The van der Waals surface area contributed by atoms with Gasteiger partial charge < -0.3 is 4.74 Å². The van der Waals surface area contributed by atoms with Gasteiger partial charge in [0.05, 0.1) is 22.6 Å². The fraction of sp³-hybridized carbons (Fsp3) is 0.400. The van der Waals surface area contributed by atoms with Gasteiger partial charge in [0.2, 0.25) is 10.0 Å². The molecule has 1 saturated heterocycles. The first-order valence-electron chi connectivity index (χ1n) is 9.64. The summed E-state index contributed by atoms with van der Waals surface area (Å²) in [5, 5.41) is 0. The summed E-state index contributed by atoms with van der Waals surface area (Å²) in [4.78, 5) is 0.415. The molecule has 0 bridgehead atoms. The molecule has 0 amide bonds. The minimum atomic E-state index is -3.73. The summed E-state index contributed by atoms with van der Waals surface area (Å²) in [5.41, 5.74) is 1.28. The van der Waals surface area contributed by atoms with E-state index in [-0.39, 0.29) is 16.3 Å². The van der Waals surface area contributed by atoms with Crippen molar-refractivity contribution < 1.29 is 21.6 Å². The summed E-state index contributed by atoms with van der Waals surface area (Å²) in [6.45, 7) is 1.37. The van der Waals surface area contributed by atoms with E-state index in [1.54, 1.807) is 24.3 Å². The Hall–Kier alpha value is -2.10. The minimum absolute atomic E-state index is 0.177. The van der Waals surface area contributed by atoms with Gasteiger partial charge in [-0.3, -0.25) is 4.31 Å². The van der Waals surface area contributed by atoms with E-state index in [0.717, 1.165) is 24.8 Å². The number of methoxy groups -OCH3 is 1.